The summed E-state index contributed by atoms with van der Waals surface area (Å²) < 4.78 is 2.09. The molecule has 0 unspecified atom stereocenters. The number of nitrogen functional groups attached to an aromatic ring is 1. The largest absolute Gasteiger partial charge is 0.382 e. The number of carbonyl (C=O) groups is 1. The van der Waals surface area contributed by atoms with Gasteiger partial charge in [-0.25, -0.2) is 15.8 Å². The molecule has 0 bridgehead atoms. The quantitative estimate of drug-likeness (QED) is 0.205. The molecule has 1 saturated carbocycles. The Balaban J connectivity index is 1.51. The van der Waals surface area contributed by atoms with Gasteiger partial charge in [-0.15, -0.1) is 0 Å². The minimum Gasteiger partial charge on any atom is -0.382 e. The molecule has 1 amide bonds. The number of carbonyl (C=O) groups excluding carboxylic acids is 1. The van der Waals surface area contributed by atoms with Crippen LogP contribution in [0.2, 0.25) is 0 Å². The number of imidazole rings is 1. The number of nitrogens with one attached hydrogen (secondary N) is 1. The fraction of sp³-hybridized carbons (Fsp3) is 0.318. The summed E-state index contributed by atoms with van der Waals surface area (Å²) in [5.74, 6) is 7.92. The molecule has 0 atom stereocenters. The number of rotatable bonds is 5. The molecule has 1 aromatic carbocycles. The highest BCUT2D eigenvalue weighted by Gasteiger charge is 2.28. The summed E-state index contributed by atoms with van der Waals surface area (Å²) in [6.45, 7) is 0.607. The van der Waals surface area contributed by atoms with Crippen LogP contribution in [0, 0.1) is 5.92 Å². The number of para-hydroxylation sites is 1. The van der Waals surface area contributed by atoms with Gasteiger partial charge in [0.2, 0.25) is 6.41 Å². The molecular weight excluding hydrogens is 378 g/mol. The number of amides is 1. The maximum Gasteiger partial charge on any atom is 0.223 e. The lowest BCUT2D eigenvalue weighted by molar-refractivity contribution is -0.119. The Hall–Kier alpha value is -3.39. The zero-order valence-corrected chi connectivity index (χ0v) is 16.7. The van der Waals surface area contributed by atoms with Crippen LogP contribution in [0.15, 0.2) is 42.7 Å². The minimum absolute atomic E-state index is 0.330. The van der Waals surface area contributed by atoms with E-state index in [1.54, 1.807) is 6.20 Å². The molecule has 1 fully saturated rings. The molecule has 1 aliphatic carbocycles. The van der Waals surface area contributed by atoms with Gasteiger partial charge in [0.25, 0.3) is 0 Å². The molecule has 0 spiro atoms. The fourth-order valence-corrected chi connectivity index (χ4v) is 4.71. The van der Waals surface area contributed by atoms with Crippen LogP contribution in [0.5, 0.6) is 0 Å². The Morgan fingerprint density at radius 1 is 1.23 bits per heavy atom. The van der Waals surface area contributed by atoms with E-state index in [2.05, 4.69) is 32.6 Å². The third kappa shape index (κ3) is 3.19. The van der Waals surface area contributed by atoms with E-state index in [9.17, 15) is 4.79 Å². The lowest BCUT2D eigenvalue weighted by Crippen LogP contribution is -2.35. The topological polar surface area (TPSA) is 118 Å². The highest BCUT2D eigenvalue weighted by molar-refractivity contribution is 5.91. The first-order valence-corrected chi connectivity index (χ1v) is 10.3. The van der Waals surface area contributed by atoms with Crippen molar-refractivity contribution in [1.29, 1.82) is 0 Å². The Labute approximate surface area is 173 Å². The Kier molecular flexibility index (Phi) is 4.63. The SMILES string of the molecule is Nc1nccn2c(C3CCC(CN(N)C=O)CC3)nc(-c3cc4ccccc4[nH]3)c12. The van der Waals surface area contributed by atoms with Crippen LogP contribution >= 0.6 is 0 Å². The zero-order valence-electron chi connectivity index (χ0n) is 16.7. The number of hydrogen-bond acceptors (Lipinski definition) is 5. The number of hydrazine groups is 1. The molecule has 3 heterocycles. The number of H-pyrrole nitrogens is 1. The predicted octanol–water partition coefficient (Wildman–Crippen LogP) is 3.07. The molecule has 5 N–H and O–H groups in total. The third-order valence-corrected chi connectivity index (χ3v) is 6.21. The number of benzene rings is 1. The second-order valence-electron chi connectivity index (χ2n) is 8.14. The van der Waals surface area contributed by atoms with Gasteiger partial charge in [-0.1, -0.05) is 18.2 Å². The highest BCUT2D eigenvalue weighted by Crippen LogP contribution is 2.38. The zero-order chi connectivity index (χ0) is 20.7. The second kappa shape index (κ2) is 7.46. The summed E-state index contributed by atoms with van der Waals surface area (Å²) in [5, 5.41) is 2.38. The van der Waals surface area contributed by atoms with Crippen LogP contribution in [0.25, 0.3) is 27.8 Å². The van der Waals surface area contributed by atoms with E-state index in [-0.39, 0.29) is 0 Å². The number of nitrogens with zero attached hydrogens (tertiary/aromatic N) is 4. The van der Waals surface area contributed by atoms with Gasteiger partial charge in [0.15, 0.2) is 0 Å². The Morgan fingerprint density at radius 3 is 2.80 bits per heavy atom. The van der Waals surface area contributed by atoms with Gasteiger partial charge >= 0.3 is 0 Å². The first-order chi connectivity index (χ1) is 14.6. The van der Waals surface area contributed by atoms with Gasteiger partial charge in [-0.05, 0) is 43.7 Å². The van der Waals surface area contributed by atoms with E-state index < -0.39 is 0 Å². The van der Waals surface area contributed by atoms with Crippen molar-refractivity contribution >= 4 is 28.6 Å². The third-order valence-electron chi connectivity index (χ3n) is 6.21. The molecule has 8 nitrogen and oxygen atoms in total. The van der Waals surface area contributed by atoms with E-state index in [4.69, 9.17) is 16.6 Å². The highest BCUT2D eigenvalue weighted by atomic mass is 16.1. The summed E-state index contributed by atoms with van der Waals surface area (Å²) in [5.41, 5.74) is 9.98. The Bertz CT molecular complexity index is 1170. The molecule has 1 aliphatic rings. The Morgan fingerprint density at radius 2 is 2.03 bits per heavy atom. The van der Waals surface area contributed by atoms with Crippen molar-refractivity contribution in [3.8, 4) is 11.4 Å². The summed E-state index contributed by atoms with van der Waals surface area (Å²) >= 11 is 0. The summed E-state index contributed by atoms with van der Waals surface area (Å²) in [6.07, 6.45) is 8.41. The molecule has 5 rings (SSSR count). The normalized spacial score (nSPS) is 19.4. The summed E-state index contributed by atoms with van der Waals surface area (Å²) in [7, 11) is 0. The van der Waals surface area contributed by atoms with Crippen molar-refractivity contribution in [2.24, 2.45) is 11.8 Å². The number of aromatic amines is 1. The van der Waals surface area contributed by atoms with Crippen LogP contribution < -0.4 is 11.6 Å². The maximum atomic E-state index is 10.8. The van der Waals surface area contributed by atoms with Gasteiger partial charge in [0.1, 0.15) is 22.9 Å². The molecule has 4 aromatic rings. The van der Waals surface area contributed by atoms with Crippen molar-refractivity contribution in [2.45, 2.75) is 31.6 Å². The second-order valence-corrected chi connectivity index (χ2v) is 8.14. The number of aromatic nitrogens is 4. The number of nitrogens with two attached hydrogens (primary N) is 2. The predicted molar refractivity (Wildman–Crippen MR) is 116 cm³/mol. The molecule has 8 heteroatoms. The smallest absolute Gasteiger partial charge is 0.223 e. The van der Waals surface area contributed by atoms with E-state index >= 15 is 0 Å². The van der Waals surface area contributed by atoms with Crippen LogP contribution in [-0.4, -0.2) is 37.3 Å². The molecule has 3 aromatic heterocycles. The number of hydrogen-bond donors (Lipinski definition) is 3. The van der Waals surface area contributed by atoms with Gasteiger partial charge in [-0.3, -0.25) is 14.2 Å². The molecule has 0 aliphatic heterocycles. The summed E-state index contributed by atoms with van der Waals surface area (Å²) in [6, 6.07) is 10.3. The van der Waals surface area contributed by atoms with Crippen LogP contribution in [0.1, 0.15) is 37.4 Å². The maximum absolute atomic E-state index is 10.8. The van der Waals surface area contributed by atoms with E-state index in [0.29, 0.717) is 30.6 Å². The van der Waals surface area contributed by atoms with E-state index in [0.717, 1.165) is 59.3 Å². The van der Waals surface area contributed by atoms with Gasteiger partial charge < -0.3 is 10.7 Å². The van der Waals surface area contributed by atoms with Crippen molar-refractivity contribution < 1.29 is 4.79 Å². The first-order valence-electron chi connectivity index (χ1n) is 10.3. The van der Waals surface area contributed by atoms with Crippen LogP contribution in [0.4, 0.5) is 5.82 Å². The molecule has 30 heavy (non-hydrogen) atoms. The fourth-order valence-electron chi connectivity index (χ4n) is 4.71. The van der Waals surface area contributed by atoms with Crippen LogP contribution in [-0.2, 0) is 4.79 Å². The van der Waals surface area contributed by atoms with Gasteiger partial charge in [-0.2, -0.15) is 0 Å². The van der Waals surface area contributed by atoms with Crippen molar-refractivity contribution in [1.82, 2.24) is 24.4 Å². The molecule has 154 valence electrons. The average Bonchev–Trinajstić information content (AvgIpc) is 3.36. The lowest BCUT2D eigenvalue weighted by Gasteiger charge is -2.29. The summed E-state index contributed by atoms with van der Waals surface area (Å²) in [4.78, 5) is 23.7. The minimum atomic E-state index is 0.330. The molecule has 0 radical (unpaired) electrons. The number of anilines is 1. The van der Waals surface area contributed by atoms with E-state index in [1.165, 1.54) is 5.01 Å². The molecule has 0 saturated heterocycles. The monoisotopic (exact) mass is 403 g/mol. The molecular formula is C22H25N7O. The number of fused-ring (bicyclic) bond motifs is 2. The van der Waals surface area contributed by atoms with Crippen LogP contribution in [0.3, 0.4) is 0 Å². The van der Waals surface area contributed by atoms with Gasteiger partial charge in [0.05, 0.1) is 5.69 Å². The first kappa shape index (κ1) is 18.6. The lowest BCUT2D eigenvalue weighted by atomic mass is 9.81. The van der Waals surface area contributed by atoms with Crippen molar-refractivity contribution in [2.75, 3.05) is 12.3 Å². The standard InChI is InChI=1S/C22H25N7O/c23-21-20-19(18-11-16-3-1-2-4-17(16)26-18)27-22(29(20)10-9-25-21)15-7-5-14(6-8-15)12-28(24)13-30/h1-4,9-11,13-15,26H,5-8,12,24H2,(H2,23,25). The van der Waals surface area contributed by atoms with Crippen molar-refractivity contribution in [3.05, 3.63) is 48.5 Å². The van der Waals surface area contributed by atoms with Gasteiger partial charge in [0, 0.05) is 35.8 Å². The average molecular weight is 403 g/mol. The van der Waals surface area contributed by atoms with E-state index in [1.807, 2.05) is 18.3 Å². The van der Waals surface area contributed by atoms with Crippen molar-refractivity contribution in [3.63, 3.8) is 0 Å².